The van der Waals surface area contributed by atoms with E-state index in [1.54, 1.807) is 4.90 Å². The van der Waals surface area contributed by atoms with Gasteiger partial charge in [-0.25, -0.2) is 4.39 Å². The SMILES string of the molecule is CCC1C(=O)N2CCCCC2C(=O)N1CCF. The maximum Gasteiger partial charge on any atom is 0.246 e. The summed E-state index contributed by atoms with van der Waals surface area (Å²) in [5.74, 6) is -0.0564. The van der Waals surface area contributed by atoms with E-state index in [4.69, 9.17) is 0 Å². The maximum absolute atomic E-state index is 12.5. The molecule has 2 aliphatic rings. The summed E-state index contributed by atoms with van der Waals surface area (Å²) >= 11 is 0. The second-order valence-electron chi connectivity index (χ2n) is 4.69. The smallest absolute Gasteiger partial charge is 0.246 e. The van der Waals surface area contributed by atoms with E-state index < -0.39 is 12.7 Å². The average molecular weight is 242 g/mol. The van der Waals surface area contributed by atoms with Gasteiger partial charge in [0.15, 0.2) is 0 Å². The fraction of sp³-hybridized carbons (Fsp3) is 0.833. The van der Waals surface area contributed by atoms with Crippen molar-refractivity contribution in [3.8, 4) is 0 Å². The van der Waals surface area contributed by atoms with Gasteiger partial charge in [0.05, 0.1) is 0 Å². The predicted octanol–water partition coefficient (Wildman–Crippen LogP) is 0.958. The number of carbonyl (C=O) groups is 2. The first kappa shape index (κ1) is 12.3. The summed E-state index contributed by atoms with van der Waals surface area (Å²) in [5.41, 5.74) is 0. The predicted molar refractivity (Wildman–Crippen MR) is 61.1 cm³/mol. The van der Waals surface area contributed by atoms with Gasteiger partial charge in [-0.3, -0.25) is 9.59 Å². The molecule has 2 unspecified atom stereocenters. The number of fused-ring (bicyclic) bond motifs is 1. The van der Waals surface area contributed by atoms with E-state index in [-0.39, 0.29) is 24.4 Å². The third kappa shape index (κ3) is 2.03. The first-order valence-corrected chi connectivity index (χ1v) is 6.37. The fourth-order valence-electron chi connectivity index (χ4n) is 2.87. The van der Waals surface area contributed by atoms with Crippen molar-refractivity contribution in [3.63, 3.8) is 0 Å². The Morgan fingerprint density at radius 1 is 1.29 bits per heavy atom. The lowest BCUT2D eigenvalue weighted by Gasteiger charge is -2.46. The van der Waals surface area contributed by atoms with Crippen molar-refractivity contribution < 1.29 is 14.0 Å². The number of piperidine rings is 1. The number of carbonyl (C=O) groups excluding carboxylic acids is 2. The Balaban J connectivity index is 2.23. The van der Waals surface area contributed by atoms with Gasteiger partial charge in [0.1, 0.15) is 18.8 Å². The Bertz CT molecular complexity index is 322. The third-order valence-electron chi connectivity index (χ3n) is 3.73. The summed E-state index contributed by atoms with van der Waals surface area (Å²) in [6, 6.07) is -0.779. The van der Waals surface area contributed by atoms with E-state index in [0.717, 1.165) is 19.3 Å². The number of piperazine rings is 1. The van der Waals surface area contributed by atoms with Crippen LogP contribution >= 0.6 is 0 Å². The lowest BCUT2D eigenvalue weighted by molar-refractivity contribution is -0.164. The van der Waals surface area contributed by atoms with Crippen LogP contribution in [0.2, 0.25) is 0 Å². The highest BCUT2D eigenvalue weighted by Gasteiger charge is 2.45. The molecule has 2 fully saturated rings. The molecule has 2 rings (SSSR count). The van der Waals surface area contributed by atoms with E-state index in [1.807, 2.05) is 6.92 Å². The van der Waals surface area contributed by atoms with Crippen molar-refractivity contribution in [2.75, 3.05) is 19.8 Å². The van der Waals surface area contributed by atoms with E-state index in [0.29, 0.717) is 13.0 Å². The average Bonchev–Trinajstić information content (AvgIpc) is 2.36. The van der Waals surface area contributed by atoms with Crippen molar-refractivity contribution in [2.24, 2.45) is 0 Å². The van der Waals surface area contributed by atoms with Crippen LogP contribution in [0.4, 0.5) is 4.39 Å². The number of rotatable bonds is 3. The molecule has 0 saturated carbocycles. The lowest BCUT2D eigenvalue weighted by atomic mass is 9.94. The molecular weight excluding hydrogens is 223 g/mol. The highest BCUT2D eigenvalue weighted by Crippen LogP contribution is 2.27. The van der Waals surface area contributed by atoms with Crippen LogP contribution in [0.15, 0.2) is 0 Å². The van der Waals surface area contributed by atoms with Crippen molar-refractivity contribution in [3.05, 3.63) is 0 Å². The number of nitrogens with zero attached hydrogens (tertiary/aromatic N) is 2. The molecule has 4 nitrogen and oxygen atoms in total. The molecule has 0 N–H and O–H groups in total. The van der Waals surface area contributed by atoms with Gasteiger partial charge in [-0.2, -0.15) is 0 Å². The molecule has 17 heavy (non-hydrogen) atoms. The van der Waals surface area contributed by atoms with Crippen LogP contribution in [-0.4, -0.2) is 53.5 Å². The van der Waals surface area contributed by atoms with Crippen LogP contribution in [0, 0.1) is 0 Å². The second kappa shape index (κ2) is 5.02. The summed E-state index contributed by atoms with van der Waals surface area (Å²) in [6.07, 6.45) is 3.23. The van der Waals surface area contributed by atoms with Crippen molar-refractivity contribution in [2.45, 2.75) is 44.7 Å². The van der Waals surface area contributed by atoms with Crippen LogP contribution in [-0.2, 0) is 9.59 Å². The molecule has 0 aliphatic carbocycles. The summed E-state index contributed by atoms with van der Waals surface area (Å²) in [6.45, 7) is 2.01. The number of hydrogen-bond donors (Lipinski definition) is 0. The quantitative estimate of drug-likeness (QED) is 0.739. The summed E-state index contributed by atoms with van der Waals surface area (Å²) in [5, 5.41) is 0. The van der Waals surface area contributed by atoms with Gasteiger partial charge in [0.25, 0.3) is 0 Å². The molecule has 96 valence electrons. The van der Waals surface area contributed by atoms with Crippen molar-refractivity contribution in [1.29, 1.82) is 0 Å². The minimum atomic E-state index is -0.581. The summed E-state index contributed by atoms with van der Waals surface area (Å²) in [4.78, 5) is 27.6. The van der Waals surface area contributed by atoms with Crippen molar-refractivity contribution >= 4 is 11.8 Å². The lowest BCUT2D eigenvalue weighted by Crippen LogP contribution is -2.65. The zero-order valence-electron chi connectivity index (χ0n) is 10.2. The molecule has 5 heteroatoms. The van der Waals surface area contributed by atoms with Crippen LogP contribution < -0.4 is 0 Å². The Hall–Kier alpha value is -1.13. The normalized spacial score (nSPS) is 29.5. The van der Waals surface area contributed by atoms with Crippen LogP contribution in [0.3, 0.4) is 0 Å². The van der Waals surface area contributed by atoms with Crippen molar-refractivity contribution in [1.82, 2.24) is 9.80 Å². The Morgan fingerprint density at radius 3 is 2.71 bits per heavy atom. The molecule has 0 aromatic heterocycles. The van der Waals surface area contributed by atoms with Gasteiger partial charge in [-0.05, 0) is 25.7 Å². The van der Waals surface area contributed by atoms with Crippen LogP contribution in [0.25, 0.3) is 0 Å². The first-order chi connectivity index (χ1) is 8.20. The van der Waals surface area contributed by atoms with Gasteiger partial charge in [0.2, 0.25) is 11.8 Å². The molecule has 2 heterocycles. The standard InChI is InChI=1S/C12H19FN2O2/c1-2-9-11(16)14-7-4-3-5-10(14)12(17)15(9)8-6-13/h9-10H,2-8H2,1H3. The topological polar surface area (TPSA) is 40.6 Å². The molecule has 2 saturated heterocycles. The van der Waals surface area contributed by atoms with Gasteiger partial charge in [-0.15, -0.1) is 0 Å². The molecular formula is C12H19FN2O2. The van der Waals surface area contributed by atoms with E-state index in [1.165, 1.54) is 4.90 Å². The number of alkyl halides is 1. The maximum atomic E-state index is 12.5. The number of hydrogen-bond acceptors (Lipinski definition) is 2. The molecule has 0 spiro atoms. The van der Waals surface area contributed by atoms with Crippen LogP contribution in [0.5, 0.6) is 0 Å². The highest BCUT2D eigenvalue weighted by atomic mass is 19.1. The Kier molecular flexibility index (Phi) is 3.64. The molecule has 0 aromatic rings. The summed E-state index contributed by atoms with van der Waals surface area (Å²) < 4.78 is 12.5. The number of halogens is 1. The highest BCUT2D eigenvalue weighted by molar-refractivity contribution is 5.97. The Morgan fingerprint density at radius 2 is 2.06 bits per heavy atom. The number of amides is 2. The van der Waals surface area contributed by atoms with Gasteiger partial charge < -0.3 is 9.80 Å². The third-order valence-corrected chi connectivity index (χ3v) is 3.73. The minimum absolute atomic E-state index is 0.00486. The monoisotopic (exact) mass is 242 g/mol. The van der Waals surface area contributed by atoms with Gasteiger partial charge >= 0.3 is 0 Å². The van der Waals surface area contributed by atoms with Gasteiger partial charge in [-0.1, -0.05) is 6.92 Å². The largest absolute Gasteiger partial charge is 0.329 e. The molecule has 2 aliphatic heterocycles. The zero-order valence-corrected chi connectivity index (χ0v) is 10.2. The molecule has 2 atom stereocenters. The van der Waals surface area contributed by atoms with Gasteiger partial charge in [0, 0.05) is 13.1 Å². The second-order valence-corrected chi connectivity index (χ2v) is 4.69. The molecule has 0 bridgehead atoms. The first-order valence-electron chi connectivity index (χ1n) is 6.37. The van der Waals surface area contributed by atoms with E-state index >= 15 is 0 Å². The molecule has 0 radical (unpaired) electrons. The Labute approximate surface area is 101 Å². The minimum Gasteiger partial charge on any atom is -0.329 e. The summed E-state index contributed by atoms with van der Waals surface area (Å²) in [7, 11) is 0. The molecule has 0 aromatic carbocycles. The van der Waals surface area contributed by atoms with E-state index in [2.05, 4.69) is 0 Å². The molecule has 2 amide bonds. The fourth-order valence-corrected chi connectivity index (χ4v) is 2.87. The van der Waals surface area contributed by atoms with Crippen LogP contribution in [0.1, 0.15) is 32.6 Å². The zero-order chi connectivity index (χ0) is 12.4. The van der Waals surface area contributed by atoms with E-state index in [9.17, 15) is 14.0 Å².